The van der Waals surface area contributed by atoms with E-state index in [1.807, 2.05) is 37.3 Å². The molecule has 0 aromatic heterocycles. The summed E-state index contributed by atoms with van der Waals surface area (Å²) >= 11 is 0. The van der Waals surface area contributed by atoms with Crippen LogP contribution in [0.1, 0.15) is 29.5 Å². The molecule has 126 valence electrons. The number of carbonyl (C=O) groups excluding carboxylic acids is 1. The lowest BCUT2D eigenvalue weighted by Crippen LogP contribution is -2.38. The fraction of sp³-hybridized carbons (Fsp3) is 0.278. The van der Waals surface area contributed by atoms with E-state index in [4.69, 9.17) is 5.14 Å². The molecule has 1 atom stereocenters. The second-order valence-electron chi connectivity index (χ2n) is 6.12. The molecule has 0 fully saturated rings. The number of fused-ring (bicyclic) bond motifs is 1. The van der Waals surface area contributed by atoms with Gasteiger partial charge in [-0.1, -0.05) is 36.4 Å². The molecule has 0 saturated carbocycles. The first kappa shape index (κ1) is 16.7. The molecular weight excluding hydrogens is 324 g/mol. The van der Waals surface area contributed by atoms with Gasteiger partial charge in [0.15, 0.2) is 0 Å². The quantitative estimate of drug-likeness (QED) is 0.925. The molecule has 6 heteroatoms. The summed E-state index contributed by atoms with van der Waals surface area (Å²) in [6.07, 6.45) is 0.716. The Morgan fingerprint density at radius 2 is 1.83 bits per heavy atom. The Morgan fingerprint density at radius 3 is 2.50 bits per heavy atom. The van der Waals surface area contributed by atoms with Gasteiger partial charge in [0.2, 0.25) is 15.9 Å². The Bertz CT molecular complexity index is 863. The van der Waals surface area contributed by atoms with Crippen LogP contribution in [-0.4, -0.2) is 25.8 Å². The predicted molar refractivity (Wildman–Crippen MR) is 91.8 cm³/mol. The van der Waals surface area contributed by atoms with Crippen molar-refractivity contribution >= 4 is 15.9 Å². The third-order valence-electron chi connectivity index (χ3n) is 4.50. The van der Waals surface area contributed by atoms with Crippen molar-refractivity contribution in [2.75, 3.05) is 6.54 Å². The first-order chi connectivity index (χ1) is 11.4. The molecule has 2 N–H and O–H groups in total. The lowest BCUT2D eigenvalue weighted by atomic mass is 9.96. The third kappa shape index (κ3) is 3.34. The molecule has 0 saturated heterocycles. The summed E-state index contributed by atoms with van der Waals surface area (Å²) in [7, 11) is -3.74. The van der Waals surface area contributed by atoms with Crippen LogP contribution in [0.15, 0.2) is 53.4 Å². The molecule has 2 aromatic carbocycles. The van der Waals surface area contributed by atoms with Gasteiger partial charge >= 0.3 is 0 Å². The standard InChI is InChI=1S/C18H20N2O3S/c1-13(14-5-3-2-4-6-14)18(21)20-10-9-15-7-8-17(24(19,22)23)11-16(15)12-20/h2-8,11,13H,9-10,12H2,1H3,(H2,19,22,23). The number of nitrogens with zero attached hydrogens (tertiary/aromatic N) is 1. The monoisotopic (exact) mass is 344 g/mol. The maximum Gasteiger partial charge on any atom is 0.238 e. The number of amides is 1. The minimum Gasteiger partial charge on any atom is -0.338 e. The van der Waals surface area contributed by atoms with Crippen LogP contribution in [-0.2, 0) is 27.8 Å². The van der Waals surface area contributed by atoms with Crippen molar-refractivity contribution in [3.8, 4) is 0 Å². The van der Waals surface area contributed by atoms with E-state index in [0.717, 1.165) is 16.7 Å². The molecule has 1 unspecified atom stereocenters. The minimum absolute atomic E-state index is 0.0489. The second-order valence-corrected chi connectivity index (χ2v) is 7.68. The van der Waals surface area contributed by atoms with E-state index in [2.05, 4.69) is 0 Å². The summed E-state index contributed by atoms with van der Waals surface area (Å²) in [4.78, 5) is 14.6. The Labute approximate surface area is 142 Å². The summed E-state index contributed by atoms with van der Waals surface area (Å²) in [5, 5.41) is 5.20. The van der Waals surface area contributed by atoms with Gasteiger partial charge in [-0.3, -0.25) is 4.79 Å². The molecule has 3 rings (SSSR count). The van der Waals surface area contributed by atoms with Gasteiger partial charge in [0.05, 0.1) is 10.8 Å². The number of sulfonamides is 1. The molecule has 24 heavy (non-hydrogen) atoms. The zero-order valence-corrected chi connectivity index (χ0v) is 14.3. The van der Waals surface area contributed by atoms with Crippen molar-refractivity contribution in [3.05, 3.63) is 65.2 Å². The lowest BCUT2D eigenvalue weighted by Gasteiger charge is -2.31. The largest absolute Gasteiger partial charge is 0.338 e. The number of carbonyl (C=O) groups is 1. The van der Waals surface area contributed by atoms with E-state index in [9.17, 15) is 13.2 Å². The van der Waals surface area contributed by atoms with E-state index in [-0.39, 0.29) is 16.7 Å². The third-order valence-corrected chi connectivity index (χ3v) is 5.41. The summed E-state index contributed by atoms with van der Waals surface area (Å²) < 4.78 is 23.0. The first-order valence-electron chi connectivity index (χ1n) is 7.84. The summed E-state index contributed by atoms with van der Waals surface area (Å²) in [5.41, 5.74) is 2.90. The molecule has 1 heterocycles. The van der Waals surface area contributed by atoms with Gasteiger partial charge in [-0.15, -0.1) is 0 Å². The number of hydrogen-bond acceptors (Lipinski definition) is 3. The SMILES string of the molecule is CC(C(=O)N1CCc2ccc(S(N)(=O)=O)cc2C1)c1ccccc1. The molecule has 2 aromatic rings. The molecule has 1 aliphatic rings. The van der Waals surface area contributed by atoms with Gasteiger partial charge in [0, 0.05) is 13.1 Å². The fourth-order valence-electron chi connectivity index (χ4n) is 3.06. The van der Waals surface area contributed by atoms with E-state index >= 15 is 0 Å². The first-order valence-corrected chi connectivity index (χ1v) is 9.39. The molecule has 0 radical (unpaired) electrons. The van der Waals surface area contributed by atoms with E-state index in [0.29, 0.717) is 19.5 Å². The number of primary sulfonamides is 1. The van der Waals surface area contributed by atoms with Crippen molar-refractivity contribution in [3.63, 3.8) is 0 Å². The van der Waals surface area contributed by atoms with Crippen LogP contribution < -0.4 is 5.14 Å². The fourth-order valence-corrected chi connectivity index (χ4v) is 3.62. The Morgan fingerprint density at radius 1 is 1.12 bits per heavy atom. The molecule has 1 aliphatic heterocycles. The van der Waals surface area contributed by atoms with Gasteiger partial charge in [-0.2, -0.15) is 0 Å². The molecule has 0 aliphatic carbocycles. The average molecular weight is 344 g/mol. The van der Waals surface area contributed by atoms with Crippen LogP contribution in [0, 0.1) is 0 Å². The van der Waals surface area contributed by atoms with Crippen LogP contribution in [0.3, 0.4) is 0 Å². The van der Waals surface area contributed by atoms with Gasteiger partial charge in [-0.05, 0) is 42.2 Å². The Balaban J connectivity index is 1.83. The molecular formula is C18H20N2O3S. The number of rotatable bonds is 3. The van der Waals surface area contributed by atoms with Crippen molar-refractivity contribution in [2.24, 2.45) is 5.14 Å². The van der Waals surface area contributed by atoms with Crippen LogP contribution >= 0.6 is 0 Å². The van der Waals surface area contributed by atoms with E-state index < -0.39 is 10.0 Å². The normalized spacial score (nSPS) is 15.7. The highest BCUT2D eigenvalue weighted by molar-refractivity contribution is 7.89. The van der Waals surface area contributed by atoms with Gasteiger partial charge < -0.3 is 4.90 Å². The maximum absolute atomic E-state index is 12.8. The highest BCUT2D eigenvalue weighted by atomic mass is 32.2. The second kappa shape index (κ2) is 6.37. The Kier molecular flexibility index (Phi) is 4.43. The molecule has 0 bridgehead atoms. The molecule has 0 spiro atoms. The molecule has 1 amide bonds. The minimum atomic E-state index is -3.74. The summed E-state index contributed by atoms with van der Waals surface area (Å²) in [6.45, 7) is 2.94. The van der Waals surface area contributed by atoms with Crippen LogP contribution in [0.25, 0.3) is 0 Å². The van der Waals surface area contributed by atoms with Crippen LogP contribution in [0.4, 0.5) is 0 Å². The van der Waals surface area contributed by atoms with Gasteiger partial charge in [-0.25, -0.2) is 13.6 Å². The van der Waals surface area contributed by atoms with E-state index in [1.165, 1.54) is 6.07 Å². The predicted octanol–water partition coefficient (Wildman–Crippen LogP) is 2.02. The highest BCUT2D eigenvalue weighted by Crippen LogP contribution is 2.25. The smallest absolute Gasteiger partial charge is 0.238 e. The van der Waals surface area contributed by atoms with Gasteiger partial charge in [0.25, 0.3) is 0 Å². The maximum atomic E-state index is 12.8. The summed E-state index contributed by atoms with van der Waals surface area (Å²) in [5.74, 6) is -0.179. The number of nitrogens with two attached hydrogens (primary N) is 1. The van der Waals surface area contributed by atoms with E-state index in [1.54, 1.807) is 17.0 Å². The van der Waals surface area contributed by atoms with Crippen molar-refractivity contribution in [2.45, 2.75) is 30.7 Å². The summed E-state index contributed by atoms with van der Waals surface area (Å²) in [6, 6.07) is 14.5. The van der Waals surface area contributed by atoms with Gasteiger partial charge in [0.1, 0.15) is 0 Å². The van der Waals surface area contributed by atoms with Crippen LogP contribution in [0.2, 0.25) is 0 Å². The van der Waals surface area contributed by atoms with Crippen molar-refractivity contribution < 1.29 is 13.2 Å². The average Bonchev–Trinajstić information content (AvgIpc) is 2.59. The lowest BCUT2D eigenvalue weighted by molar-refractivity contribution is -0.133. The zero-order chi connectivity index (χ0) is 17.3. The Hall–Kier alpha value is -2.18. The van der Waals surface area contributed by atoms with Crippen molar-refractivity contribution in [1.29, 1.82) is 0 Å². The topological polar surface area (TPSA) is 80.5 Å². The number of hydrogen-bond donors (Lipinski definition) is 1. The highest BCUT2D eigenvalue weighted by Gasteiger charge is 2.26. The zero-order valence-electron chi connectivity index (χ0n) is 13.5. The number of benzene rings is 2. The van der Waals surface area contributed by atoms with Crippen molar-refractivity contribution in [1.82, 2.24) is 4.90 Å². The molecule has 5 nitrogen and oxygen atoms in total. The van der Waals surface area contributed by atoms with Crippen LogP contribution in [0.5, 0.6) is 0 Å².